The van der Waals surface area contributed by atoms with Crippen LogP contribution in [0.25, 0.3) is 5.76 Å². The Balaban J connectivity index is 1.62. The molecule has 0 atom stereocenters. The second kappa shape index (κ2) is 8.14. The lowest BCUT2D eigenvalue weighted by Gasteiger charge is -2.09. The summed E-state index contributed by atoms with van der Waals surface area (Å²) in [7, 11) is 0. The molecule has 0 bridgehead atoms. The van der Waals surface area contributed by atoms with Crippen LogP contribution >= 0.6 is 23.2 Å². The minimum absolute atomic E-state index is 0.0549. The van der Waals surface area contributed by atoms with Crippen molar-refractivity contribution in [3.05, 3.63) is 110 Å². The summed E-state index contributed by atoms with van der Waals surface area (Å²) in [5.41, 5.74) is 2.09. The molecule has 0 N–H and O–H groups in total. The summed E-state index contributed by atoms with van der Waals surface area (Å²) in [6, 6.07) is 9.20. The van der Waals surface area contributed by atoms with Crippen molar-refractivity contribution in [1.82, 2.24) is 0 Å². The molecule has 0 spiro atoms. The fourth-order valence-electron chi connectivity index (χ4n) is 3.57. The van der Waals surface area contributed by atoms with E-state index >= 15 is 0 Å². The van der Waals surface area contributed by atoms with Gasteiger partial charge in [0.05, 0.1) is 5.57 Å². The number of rotatable bonds is 4. The second-order valence-corrected chi connectivity index (χ2v) is 7.99. The lowest BCUT2D eigenvalue weighted by atomic mass is 10.1. The fraction of sp³-hybridized carbons (Fsp3) is 0.0800. The molecule has 2 aliphatic carbocycles. The Kier molecular flexibility index (Phi) is 5.52. The van der Waals surface area contributed by atoms with Gasteiger partial charge in [-0.1, -0.05) is 54.1 Å². The summed E-state index contributed by atoms with van der Waals surface area (Å²) in [5.74, 6) is -1.45. The predicted molar refractivity (Wildman–Crippen MR) is 118 cm³/mol. The lowest BCUT2D eigenvalue weighted by molar-refractivity contribution is -0.244. The predicted octanol–water partition coefficient (Wildman–Crippen LogP) is 5.16. The Morgan fingerprint density at radius 1 is 0.871 bits per heavy atom. The van der Waals surface area contributed by atoms with E-state index in [-0.39, 0.29) is 34.3 Å². The van der Waals surface area contributed by atoms with E-state index in [0.29, 0.717) is 38.7 Å². The Bertz CT molecular complexity index is 1290. The Morgan fingerprint density at radius 3 is 2.10 bits per heavy atom. The van der Waals surface area contributed by atoms with Crippen LogP contribution in [0.1, 0.15) is 50.0 Å². The van der Waals surface area contributed by atoms with Crippen molar-refractivity contribution >= 4 is 46.3 Å². The zero-order valence-corrected chi connectivity index (χ0v) is 17.9. The normalized spacial score (nSPS) is 17.3. The number of carbonyl (C=O) groups excluding carboxylic acids is 3. The number of halogens is 2. The van der Waals surface area contributed by atoms with Crippen molar-refractivity contribution in [1.29, 1.82) is 0 Å². The van der Waals surface area contributed by atoms with E-state index < -0.39 is 0 Å². The number of carbonyl (C=O) groups is 3. The van der Waals surface area contributed by atoms with Crippen molar-refractivity contribution in [2.75, 3.05) is 0 Å². The second-order valence-electron chi connectivity index (χ2n) is 7.12. The van der Waals surface area contributed by atoms with E-state index in [1.807, 2.05) is 6.92 Å². The number of hydrogen-bond acceptors (Lipinski definition) is 4. The van der Waals surface area contributed by atoms with Crippen molar-refractivity contribution in [3.63, 3.8) is 0 Å². The van der Waals surface area contributed by atoms with E-state index in [1.165, 1.54) is 24.3 Å². The molecular formula is C25H15Cl2O4-. The van der Waals surface area contributed by atoms with Crippen LogP contribution in [-0.2, 0) is 0 Å². The molecule has 0 radical (unpaired) electrons. The first-order valence-electron chi connectivity index (χ1n) is 9.55. The van der Waals surface area contributed by atoms with Crippen molar-refractivity contribution in [2.24, 2.45) is 0 Å². The summed E-state index contributed by atoms with van der Waals surface area (Å²) in [6.07, 6.45) is 6.79. The van der Waals surface area contributed by atoms with Gasteiger partial charge in [0.1, 0.15) is 0 Å². The van der Waals surface area contributed by atoms with Crippen LogP contribution in [0, 0.1) is 0 Å². The molecule has 2 aliphatic rings. The van der Waals surface area contributed by atoms with Gasteiger partial charge in [-0.25, -0.2) is 0 Å². The molecule has 154 valence electrons. The molecule has 0 saturated heterocycles. The molecule has 0 unspecified atom stereocenters. The number of Topliss-reactive ketones (excluding diaryl/α,β-unsaturated/α-hetero) is 3. The molecule has 4 rings (SSSR count). The van der Waals surface area contributed by atoms with Crippen LogP contribution in [0.4, 0.5) is 0 Å². The number of fused-ring (bicyclic) bond motifs is 2. The molecule has 0 heterocycles. The summed E-state index contributed by atoms with van der Waals surface area (Å²) >= 11 is 11.9. The lowest BCUT2D eigenvalue weighted by Crippen LogP contribution is -2.02. The third kappa shape index (κ3) is 3.69. The third-order valence-electron chi connectivity index (χ3n) is 5.26. The van der Waals surface area contributed by atoms with Gasteiger partial charge in [0.2, 0.25) is 0 Å². The maximum Gasteiger partial charge on any atom is 0.197 e. The summed E-state index contributed by atoms with van der Waals surface area (Å²) in [5, 5.41) is 13.3. The van der Waals surface area contributed by atoms with Crippen LogP contribution in [-0.4, -0.2) is 17.3 Å². The fourth-order valence-corrected chi connectivity index (χ4v) is 3.91. The van der Waals surface area contributed by atoms with E-state index in [0.717, 1.165) is 5.57 Å². The zero-order valence-electron chi connectivity index (χ0n) is 16.4. The highest BCUT2D eigenvalue weighted by molar-refractivity contribution is 6.40. The first kappa shape index (κ1) is 21.0. The number of ketones is 3. The van der Waals surface area contributed by atoms with E-state index in [2.05, 4.69) is 0 Å². The molecule has 0 amide bonds. The first-order valence-corrected chi connectivity index (χ1v) is 10.3. The van der Waals surface area contributed by atoms with Gasteiger partial charge in [0, 0.05) is 32.3 Å². The summed E-state index contributed by atoms with van der Waals surface area (Å²) in [6.45, 7) is 1.89. The molecule has 0 aliphatic heterocycles. The molecular weight excluding hydrogens is 435 g/mol. The summed E-state index contributed by atoms with van der Waals surface area (Å²) in [4.78, 5) is 37.7. The van der Waals surface area contributed by atoms with Gasteiger partial charge in [-0.3, -0.25) is 14.4 Å². The number of allylic oxidation sites excluding steroid dienone is 7. The van der Waals surface area contributed by atoms with Crippen LogP contribution in [0.5, 0.6) is 0 Å². The highest BCUT2D eigenvalue weighted by atomic mass is 35.5. The van der Waals surface area contributed by atoms with Crippen LogP contribution in [0.2, 0.25) is 10.0 Å². The smallest absolute Gasteiger partial charge is 0.197 e. The van der Waals surface area contributed by atoms with Gasteiger partial charge in [-0.2, -0.15) is 0 Å². The SMILES string of the molecule is CCC(/C=C/C1=C([O-])c2cc(Cl)ccc2C1=O)=C\C=C1/C(=O)c2ccc(Cl)cc2C1=O. The van der Waals surface area contributed by atoms with Crippen LogP contribution in [0.15, 0.2) is 77.4 Å². The molecule has 0 fully saturated rings. The number of hydrogen-bond donors (Lipinski definition) is 0. The van der Waals surface area contributed by atoms with Crippen LogP contribution in [0.3, 0.4) is 0 Å². The van der Waals surface area contributed by atoms with E-state index in [9.17, 15) is 19.5 Å². The molecule has 0 saturated carbocycles. The average Bonchev–Trinajstić information content (AvgIpc) is 3.12. The largest absolute Gasteiger partial charge is 0.872 e. The molecule has 2 aromatic rings. The third-order valence-corrected chi connectivity index (χ3v) is 5.73. The Morgan fingerprint density at radius 2 is 1.45 bits per heavy atom. The Hall–Kier alpha value is -3.21. The minimum atomic E-state index is -0.374. The zero-order chi connectivity index (χ0) is 22.3. The topological polar surface area (TPSA) is 74.3 Å². The number of benzene rings is 2. The standard InChI is InChI=1S/C25H16Cl2O4/c1-2-13(3-7-18-22(28)16-9-5-14(26)11-20(16)24(18)30)4-8-19-23(29)17-10-6-15(27)12-21(17)25(19)31/h3-12,30H,2H2,1H3/p-1/b7-3+,13-4+,19-8+. The molecule has 0 aromatic heterocycles. The molecule has 31 heavy (non-hydrogen) atoms. The van der Waals surface area contributed by atoms with Gasteiger partial charge in [0.15, 0.2) is 17.3 Å². The van der Waals surface area contributed by atoms with E-state index in [1.54, 1.807) is 36.4 Å². The van der Waals surface area contributed by atoms with Crippen molar-refractivity contribution in [3.8, 4) is 0 Å². The molecule has 4 nitrogen and oxygen atoms in total. The van der Waals surface area contributed by atoms with Gasteiger partial charge in [-0.15, -0.1) is 0 Å². The Labute approximate surface area is 188 Å². The van der Waals surface area contributed by atoms with Gasteiger partial charge in [-0.05, 0) is 60.0 Å². The van der Waals surface area contributed by atoms with Crippen LogP contribution < -0.4 is 5.11 Å². The minimum Gasteiger partial charge on any atom is -0.872 e. The quantitative estimate of drug-likeness (QED) is 0.367. The highest BCUT2D eigenvalue weighted by Gasteiger charge is 2.32. The average molecular weight is 450 g/mol. The maximum atomic E-state index is 12.6. The summed E-state index contributed by atoms with van der Waals surface area (Å²) < 4.78 is 0. The van der Waals surface area contributed by atoms with Gasteiger partial charge < -0.3 is 5.11 Å². The highest BCUT2D eigenvalue weighted by Crippen LogP contribution is 2.32. The van der Waals surface area contributed by atoms with Gasteiger partial charge in [0.25, 0.3) is 0 Å². The maximum absolute atomic E-state index is 12.6. The van der Waals surface area contributed by atoms with Crippen molar-refractivity contribution < 1.29 is 19.5 Å². The monoisotopic (exact) mass is 449 g/mol. The molecule has 6 heteroatoms. The van der Waals surface area contributed by atoms with E-state index in [4.69, 9.17) is 23.2 Å². The first-order chi connectivity index (χ1) is 14.8. The van der Waals surface area contributed by atoms with Gasteiger partial charge >= 0.3 is 0 Å². The molecule has 2 aromatic carbocycles. The van der Waals surface area contributed by atoms with Crippen molar-refractivity contribution in [2.45, 2.75) is 13.3 Å².